The summed E-state index contributed by atoms with van der Waals surface area (Å²) in [4.78, 5) is 24.0. The summed E-state index contributed by atoms with van der Waals surface area (Å²) in [6.07, 6.45) is 2.62. The van der Waals surface area contributed by atoms with Gasteiger partial charge in [-0.3, -0.25) is 9.59 Å². The quantitative estimate of drug-likeness (QED) is 0.754. The van der Waals surface area contributed by atoms with Gasteiger partial charge in [0.2, 0.25) is 5.91 Å². The highest BCUT2D eigenvalue weighted by Gasteiger charge is 2.25. The van der Waals surface area contributed by atoms with Crippen LogP contribution in [0.5, 0.6) is 0 Å². The summed E-state index contributed by atoms with van der Waals surface area (Å²) < 4.78 is 28.3. The summed E-state index contributed by atoms with van der Waals surface area (Å²) >= 11 is 0. The number of fused-ring (bicyclic) bond motifs is 1. The number of hydrogen-bond acceptors (Lipinski definition) is 5. The van der Waals surface area contributed by atoms with E-state index in [1.165, 1.54) is 11.1 Å². The van der Waals surface area contributed by atoms with Crippen LogP contribution in [0.1, 0.15) is 27.9 Å². The first-order valence-corrected chi connectivity index (χ1v) is 10.2. The standard InChI is InChI=1S/C17H22N2O5S/c20-16(18-9-15-11-25(22,23)7-6-24-15)10-19-17(21)14-5-4-12-2-1-3-13(12)8-14/h4-5,8,15H,1-3,6-7,9-11H2,(H,18,20)(H,19,21). The summed E-state index contributed by atoms with van der Waals surface area (Å²) in [5.41, 5.74) is 3.04. The van der Waals surface area contributed by atoms with E-state index in [-0.39, 0.29) is 43.0 Å². The Morgan fingerprint density at radius 3 is 2.76 bits per heavy atom. The fraction of sp³-hybridized carbons (Fsp3) is 0.529. The van der Waals surface area contributed by atoms with Gasteiger partial charge in [0, 0.05) is 12.1 Å². The van der Waals surface area contributed by atoms with E-state index >= 15 is 0 Å². The summed E-state index contributed by atoms with van der Waals surface area (Å²) in [5.74, 6) is -0.731. The molecule has 2 aliphatic rings. The van der Waals surface area contributed by atoms with Crippen LogP contribution in [0, 0.1) is 0 Å². The van der Waals surface area contributed by atoms with Crippen molar-refractivity contribution in [3.63, 3.8) is 0 Å². The summed E-state index contributed by atoms with van der Waals surface area (Å²) in [7, 11) is -3.09. The van der Waals surface area contributed by atoms with Crippen LogP contribution in [-0.2, 0) is 32.2 Å². The first-order chi connectivity index (χ1) is 11.9. The van der Waals surface area contributed by atoms with Crippen molar-refractivity contribution in [2.24, 2.45) is 0 Å². The molecule has 1 fully saturated rings. The van der Waals surface area contributed by atoms with Crippen LogP contribution in [0.3, 0.4) is 0 Å². The van der Waals surface area contributed by atoms with Gasteiger partial charge in [-0.15, -0.1) is 0 Å². The number of hydrogen-bond donors (Lipinski definition) is 2. The topological polar surface area (TPSA) is 102 Å². The van der Waals surface area contributed by atoms with Crippen LogP contribution < -0.4 is 10.6 Å². The Hall–Kier alpha value is -1.93. The fourth-order valence-electron chi connectivity index (χ4n) is 3.14. The molecule has 0 radical (unpaired) electrons. The lowest BCUT2D eigenvalue weighted by atomic mass is 10.1. The summed E-state index contributed by atoms with van der Waals surface area (Å²) in [5, 5.41) is 5.18. The van der Waals surface area contributed by atoms with Crippen LogP contribution >= 0.6 is 0 Å². The molecule has 7 nitrogen and oxygen atoms in total. The van der Waals surface area contributed by atoms with Crippen molar-refractivity contribution in [3.05, 3.63) is 34.9 Å². The van der Waals surface area contributed by atoms with Gasteiger partial charge in [0.05, 0.1) is 30.8 Å². The van der Waals surface area contributed by atoms with Crippen LogP contribution in [-0.4, -0.2) is 57.5 Å². The van der Waals surface area contributed by atoms with E-state index in [9.17, 15) is 18.0 Å². The van der Waals surface area contributed by atoms with Crippen molar-refractivity contribution in [2.75, 3.05) is 31.2 Å². The Bertz CT molecular complexity index is 775. The van der Waals surface area contributed by atoms with Gasteiger partial charge in [-0.2, -0.15) is 0 Å². The Balaban J connectivity index is 1.43. The number of rotatable bonds is 5. The van der Waals surface area contributed by atoms with Crippen molar-refractivity contribution in [1.29, 1.82) is 0 Å². The Labute approximate surface area is 147 Å². The molecule has 0 spiro atoms. The number of nitrogens with one attached hydrogen (secondary N) is 2. The molecule has 1 saturated heterocycles. The zero-order valence-electron chi connectivity index (χ0n) is 13.9. The number of ether oxygens (including phenoxy) is 1. The van der Waals surface area contributed by atoms with E-state index in [0.717, 1.165) is 19.3 Å². The maximum absolute atomic E-state index is 12.1. The van der Waals surface area contributed by atoms with Gasteiger partial charge in [-0.25, -0.2) is 8.42 Å². The zero-order valence-corrected chi connectivity index (χ0v) is 14.7. The molecule has 0 saturated carbocycles. The number of amides is 2. The molecule has 0 bridgehead atoms. The molecule has 1 aromatic carbocycles. The monoisotopic (exact) mass is 366 g/mol. The lowest BCUT2D eigenvalue weighted by Gasteiger charge is -2.23. The second-order valence-corrected chi connectivity index (χ2v) is 8.66. The minimum absolute atomic E-state index is 0.0221. The number of carbonyl (C=O) groups excluding carboxylic acids is 2. The molecule has 1 unspecified atom stereocenters. The largest absolute Gasteiger partial charge is 0.374 e. The predicted molar refractivity (Wildman–Crippen MR) is 92.2 cm³/mol. The average molecular weight is 366 g/mol. The number of carbonyl (C=O) groups is 2. The van der Waals surface area contributed by atoms with E-state index in [4.69, 9.17) is 4.74 Å². The van der Waals surface area contributed by atoms with E-state index in [0.29, 0.717) is 5.56 Å². The second kappa shape index (κ2) is 7.53. The third-order valence-electron chi connectivity index (χ3n) is 4.48. The molecule has 1 aliphatic heterocycles. The van der Waals surface area contributed by atoms with Crippen LogP contribution in [0.25, 0.3) is 0 Å². The first-order valence-electron chi connectivity index (χ1n) is 8.42. The second-order valence-electron chi connectivity index (χ2n) is 6.43. The highest BCUT2D eigenvalue weighted by atomic mass is 32.2. The van der Waals surface area contributed by atoms with Crippen LogP contribution in [0.4, 0.5) is 0 Å². The lowest BCUT2D eigenvalue weighted by molar-refractivity contribution is -0.120. The van der Waals surface area contributed by atoms with Crippen molar-refractivity contribution in [1.82, 2.24) is 10.6 Å². The molecule has 25 heavy (non-hydrogen) atoms. The first kappa shape index (κ1) is 17.9. The maximum Gasteiger partial charge on any atom is 0.251 e. The molecule has 0 aromatic heterocycles. The molecule has 1 atom stereocenters. The third-order valence-corrected chi connectivity index (χ3v) is 6.15. The van der Waals surface area contributed by atoms with E-state index in [2.05, 4.69) is 10.6 Å². The van der Waals surface area contributed by atoms with Crippen LogP contribution in [0.2, 0.25) is 0 Å². The SMILES string of the molecule is O=C(CNC(=O)c1ccc2c(c1)CCC2)NCC1CS(=O)(=O)CCO1. The Kier molecular flexibility index (Phi) is 5.39. The lowest BCUT2D eigenvalue weighted by Crippen LogP contribution is -2.45. The number of aryl methyl sites for hydroxylation is 2. The molecule has 2 amide bonds. The smallest absolute Gasteiger partial charge is 0.251 e. The third kappa shape index (κ3) is 4.79. The van der Waals surface area contributed by atoms with Crippen LogP contribution in [0.15, 0.2) is 18.2 Å². The predicted octanol–water partition coefficient (Wildman–Crippen LogP) is -0.165. The molecule has 1 heterocycles. The van der Waals surface area contributed by atoms with Crippen molar-refractivity contribution in [3.8, 4) is 0 Å². The van der Waals surface area contributed by atoms with Gasteiger partial charge in [0.25, 0.3) is 5.91 Å². The average Bonchev–Trinajstić information content (AvgIpc) is 3.04. The number of benzene rings is 1. The number of sulfone groups is 1. The fourth-order valence-corrected chi connectivity index (χ4v) is 4.44. The minimum Gasteiger partial charge on any atom is -0.374 e. The van der Waals surface area contributed by atoms with Crippen molar-refractivity contribution >= 4 is 21.7 Å². The Morgan fingerprint density at radius 1 is 1.16 bits per heavy atom. The van der Waals surface area contributed by atoms with Gasteiger partial charge in [0.1, 0.15) is 0 Å². The van der Waals surface area contributed by atoms with Gasteiger partial charge >= 0.3 is 0 Å². The molecule has 136 valence electrons. The van der Waals surface area contributed by atoms with Gasteiger partial charge < -0.3 is 15.4 Å². The molecular weight excluding hydrogens is 344 g/mol. The minimum atomic E-state index is -3.09. The van der Waals surface area contributed by atoms with Crippen molar-refractivity contribution in [2.45, 2.75) is 25.4 Å². The van der Waals surface area contributed by atoms with E-state index in [1.807, 2.05) is 12.1 Å². The highest BCUT2D eigenvalue weighted by molar-refractivity contribution is 7.91. The highest BCUT2D eigenvalue weighted by Crippen LogP contribution is 2.22. The molecular formula is C17H22N2O5S. The molecule has 3 rings (SSSR count). The van der Waals surface area contributed by atoms with Crippen molar-refractivity contribution < 1.29 is 22.7 Å². The normalized spacial score (nSPS) is 21.4. The summed E-state index contributed by atoms with van der Waals surface area (Å²) in [6.45, 7) is 0.111. The molecule has 1 aliphatic carbocycles. The molecule has 2 N–H and O–H groups in total. The van der Waals surface area contributed by atoms with Gasteiger partial charge in [0.15, 0.2) is 9.84 Å². The van der Waals surface area contributed by atoms with E-state index < -0.39 is 15.9 Å². The van der Waals surface area contributed by atoms with E-state index in [1.54, 1.807) is 6.07 Å². The molecule has 8 heteroatoms. The Morgan fingerprint density at radius 2 is 1.96 bits per heavy atom. The van der Waals surface area contributed by atoms with Gasteiger partial charge in [-0.1, -0.05) is 6.07 Å². The zero-order chi connectivity index (χ0) is 17.9. The summed E-state index contributed by atoms with van der Waals surface area (Å²) in [6, 6.07) is 5.63. The van der Waals surface area contributed by atoms with Gasteiger partial charge in [-0.05, 0) is 42.5 Å². The molecule has 1 aromatic rings. The maximum atomic E-state index is 12.1.